The SMILES string of the molecule is CC(C)(C)c1ccc2oc(-c3ccccc3)c(S)c(=O)c2c1. The summed E-state index contributed by atoms with van der Waals surface area (Å²) in [5.74, 6) is 0.518. The van der Waals surface area contributed by atoms with Crippen LogP contribution in [-0.2, 0) is 5.41 Å². The zero-order valence-electron chi connectivity index (χ0n) is 12.9. The number of thiol groups is 1. The van der Waals surface area contributed by atoms with Crippen LogP contribution in [0.2, 0.25) is 0 Å². The first-order valence-corrected chi connectivity index (χ1v) is 7.68. The zero-order chi connectivity index (χ0) is 15.9. The van der Waals surface area contributed by atoms with Crippen molar-refractivity contribution in [3.05, 3.63) is 64.3 Å². The van der Waals surface area contributed by atoms with E-state index in [2.05, 4.69) is 33.4 Å². The lowest BCUT2D eigenvalue weighted by Gasteiger charge is -2.19. The molecule has 2 aromatic carbocycles. The van der Waals surface area contributed by atoms with Crippen LogP contribution in [0.1, 0.15) is 26.3 Å². The van der Waals surface area contributed by atoms with Crippen LogP contribution in [0.4, 0.5) is 0 Å². The zero-order valence-corrected chi connectivity index (χ0v) is 13.8. The van der Waals surface area contributed by atoms with Crippen molar-refractivity contribution in [2.24, 2.45) is 0 Å². The fourth-order valence-electron chi connectivity index (χ4n) is 2.44. The molecule has 3 rings (SSSR count). The Balaban J connectivity index is 2.29. The predicted octanol–water partition coefficient (Wildman–Crippen LogP) is 5.05. The van der Waals surface area contributed by atoms with Gasteiger partial charge in [0.2, 0.25) is 5.43 Å². The molecule has 0 amide bonds. The molecule has 112 valence electrons. The van der Waals surface area contributed by atoms with Gasteiger partial charge in [-0.3, -0.25) is 4.79 Å². The third kappa shape index (κ3) is 2.57. The smallest absolute Gasteiger partial charge is 0.206 e. The van der Waals surface area contributed by atoms with Gasteiger partial charge in [-0.25, -0.2) is 0 Å². The Kier molecular flexibility index (Phi) is 3.61. The topological polar surface area (TPSA) is 30.2 Å². The van der Waals surface area contributed by atoms with Gasteiger partial charge in [0.05, 0.1) is 10.3 Å². The molecule has 0 saturated heterocycles. The fourth-order valence-corrected chi connectivity index (χ4v) is 2.73. The molecule has 3 heteroatoms. The van der Waals surface area contributed by atoms with Crippen LogP contribution in [0.5, 0.6) is 0 Å². The van der Waals surface area contributed by atoms with Gasteiger partial charge in [-0.1, -0.05) is 57.2 Å². The Morgan fingerprint density at radius 1 is 1.00 bits per heavy atom. The van der Waals surface area contributed by atoms with Gasteiger partial charge in [0, 0.05) is 5.56 Å². The standard InChI is InChI=1S/C19H18O2S/c1-19(2,3)13-9-10-15-14(11-13)16(20)18(22)17(21-15)12-7-5-4-6-8-12/h4-11,22H,1-3H3. The maximum Gasteiger partial charge on any atom is 0.206 e. The number of benzene rings is 2. The van der Waals surface area contributed by atoms with Gasteiger partial charge in [0.25, 0.3) is 0 Å². The van der Waals surface area contributed by atoms with Gasteiger partial charge in [0.15, 0.2) is 5.76 Å². The fraction of sp³-hybridized carbons (Fsp3) is 0.211. The van der Waals surface area contributed by atoms with E-state index in [1.165, 1.54) is 0 Å². The molecule has 0 spiro atoms. The molecule has 3 aromatic rings. The molecule has 0 radical (unpaired) electrons. The van der Waals surface area contributed by atoms with Crippen LogP contribution in [0.25, 0.3) is 22.3 Å². The summed E-state index contributed by atoms with van der Waals surface area (Å²) in [6.45, 7) is 6.36. The van der Waals surface area contributed by atoms with Gasteiger partial charge < -0.3 is 4.42 Å². The molecule has 0 saturated carbocycles. The second-order valence-corrected chi connectivity index (χ2v) is 6.88. The van der Waals surface area contributed by atoms with Crippen molar-refractivity contribution in [3.8, 4) is 11.3 Å². The Morgan fingerprint density at radius 3 is 2.32 bits per heavy atom. The summed E-state index contributed by atoms with van der Waals surface area (Å²) in [7, 11) is 0. The second-order valence-electron chi connectivity index (χ2n) is 6.44. The lowest BCUT2D eigenvalue weighted by molar-refractivity contribution is 0.586. The molecular formula is C19H18O2S. The van der Waals surface area contributed by atoms with Gasteiger partial charge in [0.1, 0.15) is 5.58 Å². The maximum atomic E-state index is 12.7. The summed E-state index contributed by atoms with van der Waals surface area (Å²) in [4.78, 5) is 13.0. The second kappa shape index (κ2) is 5.33. The van der Waals surface area contributed by atoms with Crippen molar-refractivity contribution in [2.45, 2.75) is 31.1 Å². The minimum atomic E-state index is -0.0884. The van der Waals surface area contributed by atoms with E-state index in [0.29, 0.717) is 21.6 Å². The first-order chi connectivity index (χ1) is 10.4. The van der Waals surface area contributed by atoms with Gasteiger partial charge in [-0.2, -0.15) is 0 Å². The molecule has 0 atom stereocenters. The number of rotatable bonds is 1. The molecule has 1 heterocycles. The van der Waals surface area contributed by atoms with Crippen molar-refractivity contribution >= 4 is 23.6 Å². The van der Waals surface area contributed by atoms with E-state index >= 15 is 0 Å². The van der Waals surface area contributed by atoms with Crippen molar-refractivity contribution in [3.63, 3.8) is 0 Å². The number of hydrogen-bond donors (Lipinski definition) is 1. The number of fused-ring (bicyclic) bond motifs is 1. The average Bonchev–Trinajstić information content (AvgIpc) is 2.50. The summed E-state index contributed by atoms with van der Waals surface area (Å²) < 4.78 is 5.95. The summed E-state index contributed by atoms with van der Waals surface area (Å²) in [5.41, 5.74) is 2.44. The highest BCUT2D eigenvalue weighted by Gasteiger charge is 2.18. The Morgan fingerprint density at radius 2 is 1.68 bits per heavy atom. The molecule has 0 unspecified atom stereocenters. The third-order valence-corrected chi connectivity index (χ3v) is 4.17. The Hall–Kier alpha value is -2.00. The lowest BCUT2D eigenvalue weighted by atomic mass is 9.86. The summed E-state index contributed by atoms with van der Waals surface area (Å²) in [6, 6.07) is 15.4. The monoisotopic (exact) mass is 310 g/mol. The highest BCUT2D eigenvalue weighted by molar-refractivity contribution is 7.80. The molecule has 0 aliphatic rings. The van der Waals surface area contributed by atoms with E-state index in [-0.39, 0.29) is 10.8 Å². The quantitative estimate of drug-likeness (QED) is 0.638. The van der Waals surface area contributed by atoms with E-state index in [1.54, 1.807) is 0 Å². The molecule has 0 aliphatic carbocycles. The van der Waals surface area contributed by atoms with Crippen LogP contribution < -0.4 is 5.43 Å². The Labute approximate surface area is 135 Å². The largest absolute Gasteiger partial charge is 0.455 e. The molecule has 0 bridgehead atoms. The van der Waals surface area contributed by atoms with Crippen LogP contribution >= 0.6 is 12.6 Å². The molecule has 0 N–H and O–H groups in total. The number of hydrogen-bond acceptors (Lipinski definition) is 3. The van der Waals surface area contributed by atoms with Crippen molar-refractivity contribution in [1.82, 2.24) is 0 Å². The molecular weight excluding hydrogens is 292 g/mol. The van der Waals surface area contributed by atoms with E-state index in [1.807, 2.05) is 48.5 Å². The van der Waals surface area contributed by atoms with Crippen LogP contribution in [-0.4, -0.2) is 0 Å². The normalized spacial score (nSPS) is 11.8. The molecule has 2 nitrogen and oxygen atoms in total. The minimum absolute atomic E-state index is 0.0184. The summed E-state index contributed by atoms with van der Waals surface area (Å²) >= 11 is 4.40. The highest BCUT2D eigenvalue weighted by Crippen LogP contribution is 2.30. The van der Waals surface area contributed by atoms with E-state index < -0.39 is 0 Å². The van der Waals surface area contributed by atoms with E-state index in [9.17, 15) is 4.79 Å². The van der Waals surface area contributed by atoms with Crippen molar-refractivity contribution in [2.75, 3.05) is 0 Å². The van der Waals surface area contributed by atoms with E-state index in [4.69, 9.17) is 4.42 Å². The van der Waals surface area contributed by atoms with E-state index in [0.717, 1.165) is 11.1 Å². The highest BCUT2D eigenvalue weighted by atomic mass is 32.1. The van der Waals surface area contributed by atoms with Gasteiger partial charge in [-0.15, -0.1) is 12.6 Å². The lowest BCUT2D eigenvalue weighted by Crippen LogP contribution is -2.12. The Bertz CT molecular complexity index is 887. The van der Waals surface area contributed by atoms with Crippen LogP contribution in [0.15, 0.2) is 62.6 Å². The van der Waals surface area contributed by atoms with Crippen LogP contribution in [0, 0.1) is 0 Å². The summed E-state index contributed by atoms with van der Waals surface area (Å²) in [6.07, 6.45) is 0. The molecule has 22 heavy (non-hydrogen) atoms. The maximum absolute atomic E-state index is 12.7. The van der Waals surface area contributed by atoms with Crippen LogP contribution in [0.3, 0.4) is 0 Å². The summed E-state index contributed by atoms with van der Waals surface area (Å²) in [5, 5.41) is 0.581. The van der Waals surface area contributed by atoms with Crippen molar-refractivity contribution < 1.29 is 4.42 Å². The third-order valence-electron chi connectivity index (χ3n) is 3.77. The molecule has 1 aromatic heterocycles. The predicted molar refractivity (Wildman–Crippen MR) is 93.9 cm³/mol. The van der Waals surface area contributed by atoms with Gasteiger partial charge in [-0.05, 0) is 23.1 Å². The average molecular weight is 310 g/mol. The molecule has 0 fully saturated rings. The first kappa shape index (κ1) is 14.9. The molecule has 0 aliphatic heterocycles. The minimum Gasteiger partial charge on any atom is -0.455 e. The first-order valence-electron chi connectivity index (χ1n) is 7.23. The van der Waals surface area contributed by atoms with Gasteiger partial charge >= 0.3 is 0 Å². The van der Waals surface area contributed by atoms with Crippen molar-refractivity contribution in [1.29, 1.82) is 0 Å².